The third kappa shape index (κ3) is 10.6. The van der Waals surface area contributed by atoms with Crippen molar-refractivity contribution < 1.29 is 19.5 Å². The number of carbonyl (C=O) groups excluding carboxylic acids is 2. The molecule has 0 aromatic carbocycles. The number of hydrogen-bond donors (Lipinski definition) is 7. The van der Waals surface area contributed by atoms with E-state index in [-0.39, 0.29) is 31.4 Å². The molecule has 0 aliphatic heterocycles. The van der Waals surface area contributed by atoms with E-state index in [0.717, 1.165) is 0 Å². The van der Waals surface area contributed by atoms with Crippen LogP contribution in [0.4, 0.5) is 0 Å². The van der Waals surface area contributed by atoms with Crippen LogP contribution in [0.2, 0.25) is 0 Å². The molecule has 2 atom stereocenters. The van der Waals surface area contributed by atoms with E-state index in [1.165, 1.54) is 0 Å². The first-order chi connectivity index (χ1) is 10.4. The lowest BCUT2D eigenvalue weighted by Crippen LogP contribution is -2.45. The standard InChI is InChI=1S/C12H23N6O4/c13-9(2-1-3-18-12(14)15)11(22)17-5-4-16-8(7-19)6-10(20)21/h8-9,16H,1-6,13H2,(H,17,22)(H,20,21)(H4,14,15,18)/t8-,9-/m0/s1. The summed E-state index contributed by atoms with van der Waals surface area (Å²) in [4.78, 5) is 32.6. The number of nitrogens with one attached hydrogen (secondary N) is 4. The lowest BCUT2D eigenvalue weighted by atomic mass is 10.1. The topological polar surface area (TPSA) is 183 Å². The predicted molar refractivity (Wildman–Crippen MR) is 79.9 cm³/mol. The molecule has 0 unspecified atom stereocenters. The van der Waals surface area contributed by atoms with E-state index in [4.69, 9.17) is 22.0 Å². The fourth-order valence-electron chi connectivity index (χ4n) is 1.57. The van der Waals surface area contributed by atoms with Crippen molar-refractivity contribution in [3.05, 3.63) is 0 Å². The van der Waals surface area contributed by atoms with E-state index in [2.05, 4.69) is 16.0 Å². The highest BCUT2D eigenvalue weighted by atomic mass is 16.4. The summed E-state index contributed by atoms with van der Waals surface area (Å²) in [6.07, 6.45) is 2.24. The average molecular weight is 315 g/mol. The number of amides is 1. The van der Waals surface area contributed by atoms with Gasteiger partial charge in [0.15, 0.2) is 5.96 Å². The van der Waals surface area contributed by atoms with Gasteiger partial charge in [-0.3, -0.25) is 19.8 Å². The van der Waals surface area contributed by atoms with Gasteiger partial charge in [-0.2, -0.15) is 0 Å². The summed E-state index contributed by atoms with van der Waals surface area (Å²) in [7, 11) is 0. The van der Waals surface area contributed by atoms with Gasteiger partial charge < -0.3 is 32.5 Å². The van der Waals surface area contributed by atoms with Gasteiger partial charge >= 0.3 is 5.97 Å². The van der Waals surface area contributed by atoms with E-state index in [1.807, 2.05) is 0 Å². The number of hydrogen-bond acceptors (Lipinski definition) is 6. The molecule has 1 amide bonds. The van der Waals surface area contributed by atoms with Crippen LogP contribution in [0.1, 0.15) is 19.3 Å². The van der Waals surface area contributed by atoms with E-state index in [0.29, 0.717) is 19.4 Å². The Balaban J connectivity index is 3.76. The minimum atomic E-state index is -1.11. The van der Waals surface area contributed by atoms with Crippen LogP contribution in [-0.2, 0) is 14.4 Å². The highest BCUT2D eigenvalue weighted by Crippen LogP contribution is 1.93. The van der Waals surface area contributed by atoms with Crippen LogP contribution in [0.15, 0.2) is 0 Å². The molecule has 0 aliphatic rings. The van der Waals surface area contributed by atoms with Gasteiger partial charge in [0.1, 0.15) is 0 Å². The average Bonchev–Trinajstić information content (AvgIpc) is 2.45. The van der Waals surface area contributed by atoms with Gasteiger partial charge in [0.25, 0.3) is 0 Å². The van der Waals surface area contributed by atoms with E-state index in [9.17, 15) is 14.4 Å². The molecule has 0 aromatic heterocycles. The summed E-state index contributed by atoms with van der Waals surface area (Å²) in [6.45, 7) is 0.914. The smallest absolute Gasteiger partial charge is 0.305 e. The Bertz CT molecular complexity index is 390. The van der Waals surface area contributed by atoms with Gasteiger partial charge in [-0.05, 0) is 12.8 Å². The third-order valence-corrected chi connectivity index (χ3v) is 2.68. The molecule has 9 N–H and O–H groups in total. The number of carbonyl (C=O) groups is 2. The molecule has 0 saturated heterocycles. The molecule has 0 rings (SSSR count). The van der Waals surface area contributed by atoms with Crippen LogP contribution in [0, 0.1) is 5.41 Å². The number of aliphatic carboxylic acids is 1. The summed E-state index contributed by atoms with van der Waals surface area (Å²) in [5, 5.41) is 23.3. The van der Waals surface area contributed by atoms with E-state index >= 15 is 0 Å². The maximum atomic E-state index is 11.6. The Morgan fingerprint density at radius 3 is 2.45 bits per heavy atom. The second-order valence-electron chi connectivity index (χ2n) is 4.60. The zero-order chi connectivity index (χ0) is 17.0. The van der Waals surface area contributed by atoms with Crippen LogP contribution in [0.3, 0.4) is 0 Å². The van der Waals surface area contributed by atoms with E-state index in [1.54, 1.807) is 6.29 Å². The lowest BCUT2D eigenvalue weighted by molar-refractivity contribution is -0.137. The molecule has 125 valence electrons. The maximum Gasteiger partial charge on any atom is 0.305 e. The minimum Gasteiger partial charge on any atom is -0.481 e. The van der Waals surface area contributed by atoms with Crippen LogP contribution < -0.4 is 27.4 Å². The number of guanidine groups is 1. The molecule has 0 fully saturated rings. The van der Waals surface area contributed by atoms with Crippen molar-refractivity contribution in [3.63, 3.8) is 0 Å². The molecule has 0 spiro atoms. The van der Waals surface area contributed by atoms with Gasteiger partial charge in [-0.25, -0.2) is 0 Å². The summed E-state index contributed by atoms with van der Waals surface area (Å²) in [6, 6.07) is -1.58. The number of carboxylic acid groups (broad SMARTS) is 1. The molecule has 0 aliphatic carbocycles. The van der Waals surface area contributed by atoms with Gasteiger partial charge in [-0.15, -0.1) is 0 Å². The predicted octanol–water partition coefficient (Wildman–Crippen LogP) is -2.76. The number of carboxylic acids is 1. The molecule has 1 radical (unpaired) electrons. The monoisotopic (exact) mass is 315 g/mol. The molecular formula is C12H23N6O4. The zero-order valence-corrected chi connectivity index (χ0v) is 12.2. The highest BCUT2D eigenvalue weighted by molar-refractivity contribution is 5.81. The van der Waals surface area contributed by atoms with Crippen molar-refractivity contribution in [2.75, 3.05) is 19.6 Å². The maximum absolute atomic E-state index is 11.6. The molecule has 0 aromatic rings. The Labute approximate surface area is 128 Å². The van der Waals surface area contributed by atoms with Crippen molar-refractivity contribution in [1.82, 2.24) is 16.0 Å². The molecule has 0 heterocycles. The van der Waals surface area contributed by atoms with Crippen molar-refractivity contribution >= 4 is 24.1 Å². The van der Waals surface area contributed by atoms with Gasteiger partial charge in [-0.1, -0.05) is 0 Å². The molecule has 0 saturated carbocycles. The SMILES string of the molecule is N=C(N)NCCC[C@H](N)C(=O)NCCN[C@H]([C]=O)CC(=O)O. The van der Waals surface area contributed by atoms with Crippen molar-refractivity contribution in [2.24, 2.45) is 11.5 Å². The highest BCUT2D eigenvalue weighted by Gasteiger charge is 2.14. The van der Waals surface area contributed by atoms with Crippen molar-refractivity contribution in [2.45, 2.75) is 31.3 Å². The normalized spacial score (nSPS) is 13.0. The summed E-state index contributed by atoms with van der Waals surface area (Å²) >= 11 is 0. The molecule has 0 bridgehead atoms. The van der Waals surface area contributed by atoms with Crippen molar-refractivity contribution in [1.29, 1.82) is 5.41 Å². The van der Waals surface area contributed by atoms with Crippen molar-refractivity contribution in [3.8, 4) is 0 Å². The first kappa shape index (κ1) is 19.8. The quantitative estimate of drug-likeness (QED) is 0.115. The third-order valence-electron chi connectivity index (χ3n) is 2.68. The Morgan fingerprint density at radius 2 is 1.91 bits per heavy atom. The Hall–Kier alpha value is -2.20. The van der Waals surface area contributed by atoms with Gasteiger partial charge in [0, 0.05) is 19.6 Å². The number of rotatable bonds is 12. The Morgan fingerprint density at radius 1 is 1.23 bits per heavy atom. The minimum absolute atomic E-state index is 0.132. The molecular weight excluding hydrogens is 292 g/mol. The molecule has 10 nitrogen and oxygen atoms in total. The fraction of sp³-hybridized carbons (Fsp3) is 0.667. The van der Waals surface area contributed by atoms with Crippen LogP contribution in [0.5, 0.6) is 0 Å². The summed E-state index contributed by atoms with van der Waals surface area (Å²) in [5.41, 5.74) is 10.8. The fourth-order valence-corrected chi connectivity index (χ4v) is 1.57. The van der Waals surface area contributed by atoms with Crippen LogP contribution >= 0.6 is 0 Å². The zero-order valence-electron chi connectivity index (χ0n) is 12.2. The second kappa shape index (κ2) is 11.5. The Kier molecular flexibility index (Phi) is 10.3. The van der Waals surface area contributed by atoms with Gasteiger partial charge in [0.05, 0.1) is 18.5 Å². The molecule has 22 heavy (non-hydrogen) atoms. The number of nitrogens with two attached hydrogens (primary N) is 2. The first-order valence-corrected chi connectivity index (χ1v) is 6.80. The van der Waals surface area contributed by atoms with Crippen LogP contribution in [0.25, 0.3) is 0 Å². The van der Waals surface area contributed by atoms with E-state index < -0.39 is 18.1 Å². The summed E-state index contributed by atoms with van der Waals surface area (Å²) in [5.74, 6) is -1.58. The van der Waals surface area contributed by atoms with Gasteiger partial charge in [0.2, 0.25) is 12.2 Å². The lowest BCUT2D eigenvalue weighted by Gasteiger charge is -2.14. The molecule has 10 heteroatoms. The van der Waals surface area contributed by atoms with Crippen LogP contribution in [-0.4, -0.2) is 60.9 Å². The largest absolute Gasteiger partial charge is 0.481 e. The first-order valence-electron chi connectivity index (χ1n) is 6.80. The second-order valence-corrected chi connectivity index (χ2v) is 4.60. The summed E-state index contributed by atoms with van der Waals surface area (Å²) < 4.78 is 0.